The van der Waals surface area contributed by atoms with Crippen LogP contribution in [0.3, 0.4) is 0 Å². The second-order valence-electron chi connectivity index (χ2n) is 7.08. The summed E-state index contributed by atoms with van der Waals surface area (Å²) >= 11 is 3.42. The van der Waals surface area contributed by atoms with Gasteiger partial charge in [0.25, 0.3) is 5.91 Å². The average Bonchev–Trinajstić information content (AvgIpc) is 3.27. The zero-order valence-corrected chi connectivity index (χ0v) is 17.2. The van der Waals surface area contributed by atoms with E-state index in [2.05, 4.69) is 15.9 Å². The molecule has 5 nitrogen and oxygen atoms in total. The van der Waals surface area contributed by atoms with Crippen LogP contribution in [0.4, 0.5) is 15.8 Å². The Morgan fingerprint density at radius 1 is 0.800 bits per heavy atom. The zero-order chi connectivity index (χ0) is 20.8. The Balaban J connectivity index is 1.63. The molecule has 3 aromatic rings. The number of rotatable bonds is 3. The number of anilines is 2. The number of imide groups is 1. The Kier molecular flexibility index (Phi) is 4.47. The fourth-order valence-corrected chi connectivity index (χ4v) is 4.18. The molecule has 3 aromatic carbocycles. The van der Waals surface area contributed by atoms with Gasteiger partial charge < -0.3 is 0 Å². The lowest BCUT2D eigenvalue weighted by molar-refractivity contribution is -0.121. The first-order valence-corrected chi connectivity index (χ1v) is 10.2. The summed E-state index contributed by atoms with van der Waals surface area (Å²) in [7, 11) is 0. The van der Waals surface area contributed by atoms with Crippen LogP contribution in [0.5, 0.6) is 0 Å². The fourth-order valence-electron chi connectivity index (χ4n) is 3.91. The van der Waals surface area contributed by atoms with Crippen LogP contribution in [0.15, 0.2) is 88.4 Å². The van der Waals surface area contributed by atoms with Gasteiger partial charge in [-0.1, -0.05) is 46.3 Å². The first-order chi connectivity index (χ1) is 14.5. The van der Waals surface area contributed by atoms with Crippen LogP contribution in [0.1, 0.15) is 5.56 Å². The number of halogens is 2. The van der Waals surface area contributed by atoms with E-state index in [0.717, 1.165) is 20.6 Å². The van der Waals surface area contributed by atoms with Crippen molar-refractivity contribution in [2.75, 3.05) is 9.91 Å². The molecular formula is C23H15BrFN3O2. The van der Waals surface area contributed by atoms with Crippen molar-refractivity contribution in [2.24, 2.45) is 11.0 Å². The third-order valence-corrected chi connectivity index (χ3v) is 5.82. The summed E-state index contributed by atoms with van der Waals surface area (Å²) in [6, 6.07) is 21.3. The highest BCUT2D eigenvalue weighted by molar-refractivity contribution is 9.10. The third kappa shape index (κ3) is 2.93. The molecule has 0 radical (unpaired) electrons. The van der Waals surface area contributed by atoms with E-state index in [9.17, 15) is 14.0 Å². The minimum Gasteiger partial charge on any atom is -0.273 e. The molecule has 2 atom stereocenters. The summed E-state index contributed by atoms with van der Waals surface area (Å²) in [5, 5.41) is 6.31. The normalized spacial score (nSPS) is 20.5. The van der Waals surface area contributed by atoms with Gasteiger partial charge in [0.2, 0.25) is 5.91 Å². The SMILES string of the molecule is O=C1[C@@H]2C(c3ccc(Br)cc3)=NN(c3ccccc3)[C@H]2C(=O)N1c1ccc(F)cc1. The Hall–Kier alpha value is -3.32. The van der Waals surface area contributed by atoms with E-state index in [1.54, 1.807) is 5.01 Å². The van der Waals surface area contributed by atoms with E-state index in [4.69, 9.17) is 5.10 Å². The molecule has 0 spiro atoms. The lowest BCUT2D eigenvalue weighted by Gasteiger charge is -2.22. The molecule has 30 heavy (non-hydrogen) atoms. The highest BCUT2D eigenvalue weighted by atomic mass is 79.9. The molecular weight excluding hydrogens is 449 g/mol. The van der Waals surface area contributed by atoms with E-state index in [1.165, 1.54) is 24.3 Å². The van der Waals surface area contributed by atoms with Crippen molar-refractivity contribution in [1.29, 1.82) is 0 Å². The van der Waals surface area contributed by atoms with Gasteiger partial charge in [0.15, 0.2) is 0 Å². The fraction of sp³-hybridized carbons (Fsp3) is 0.0870. The Morgan fingerprint density at radius 3 is 2.13 bits per heavy atom. The number of hydrogen-bond donors (Lipinski definition) is 0. The van der Waals surface area contributed by atoms with E-state index in [-0.39, 0.29) is 11.8 Å². The van der Waals surface area contributed by atoms with Crippen molar-refractivity contribution in [3.63, 3.8) is 0 Å². The largest absolute Gasteiger partial charge is 0.273 e. The van der Waals surface area contributed by atoms with Crippen LogP contribution in [0.25, 0.3) is 0 Å². The lowest BCUT2D eigenvalue weighted by Crippen LogP contribution is -2.39. The van der Waals surface area contributed by atoms with Crippen molar-refractivity contribution in [3.8, 4) is 0 Å². The van der Waals surface area contributed by atoms with Gasteiger partial charge >= 0.3 is 0 Å². The van der Waals surface area contributed by atoms with Crippen molar-refractivity contribution in [3.05, 3.63) is 94.7 Å². The van der Waals surface area contributed by atoms with Crippen LogP contribution in [-0.4, -0.2) is 23.6 Å². The predicted octanol–water partition coefficient (Wildman–Crippen LogP) is 4.37. The first-order valence-electron chi connectivity index (χ1n) is 9.37. The molecule has 0 bridgehead atoms. The van der Waals surface area contributed by atoms with Gasteiger partial charge in [-0.05, 0) is 54.1 Å². The van der Waals surface area contributed by atoms with Gasteiger partial charge in [-0.25, -0.2) is 9.29 Å². The first kappa shape index (κ1) is 18.7. The molecule has 0 aromatic heterocycles. The van der Waals surface area contributed by atoms with Crippen molar-refractivity contribution >= 4 is 44.8 Å². The van der Waals surface area contributed by atoms with Gasteiger partial charge in [0.05, 0.1) is 17.1 Å². The number of carbonyl (C=O) groups is 2. The maximum Gasteiger partial charge on any atom is 0.259 e. The van der Waals surface area contributed by atoms with E-state index >= 15 is 0 Å². The maximum atomic E-state index is 13.4. The molecule has 1 saturated heterocycles. The number of nitrogens with zero attached hydrogens (tertiary/aromatic N) is 3. The van der Waals surface area contributed by atoms with E-state index in [0.29, 0.717) is 11.4 Å². The van der Waals surface area contributed by atoms with Crippen molar-refractivity contribution < 1.29 is 14.0 Å². The third-order valence-electron chi connectivity index (χ3n) is 5.29. The van der Waals surface area contributed by atoms with Crippen LogP contribution in [0.2, 0.25) is 0 Å². The molecule has 1 fully saturated rings. The van der Waals surface area contributed by atoms with Gasteiger partial charge in [0.1, 0.15) is 17.8 Å². The summed E-state index contributed by atoms with van der Waals surface area (Å²) in [5.41, 5.74) is 2.39. The zero-order valence-electron chi connectivity index (χ0n) is 15.6. The molecule has 5 rings (SSSR count). The molecule has 0 saturated carbocycles. The van der Waals surface area contributed by atoms with Crippen LogP contribution < -0.4 is 9.91 Å². The van der Waals surface area contributed by atoms with Crippen LogP contribution in [0, 0.1) is 11.7 Å². The van der Waals surface area contributed by atoms with E-state index < -0.39 is 17.8 Å². The average molecular weight is 464 g/mol. The number of benzene rings is 3. The molecule has 2 aliphatic heterocycles. The quantitative estimate of drug-likeness (QED) is 0.541. The van der Waals surface area contributed by atoms with Crippen molar-refractivity contribution in [2.45, 2.75) is 6.04 Å². The minimum atomic E-state index is -0.788. The number of hydrogen-bond acceptors (Lipinski definition) is 4. The second-order valence-corrected chi connectivity index (χ2v) is 8.00. The summed E-state index contributed by atoms with van der Waals surface area (Å²) in [6.45, 7) is 0. The smallest absolute Gasteiger partial charge is 0.259 e. The topological polar surface area (TPSA) is 53.0 Å². The van der Waals surface area contributed by atoms with E-state index in [1.807, 2.05) is 54.6 Å². The highest BCUT2D eigenvalue weighted by Gasteiger charge is 2.57. The summed E-state index contributed by atoms with van der Waals surface area (Å²) in [4.78, 5) is 27.9. The highest BCUT2D eigenvalue weighted by Crippen LogP contribution is 2.39. The van der Waals surface area contributed by atoms with Crippen LogP contribution >= 0.6 is 15.9 Å². The Bertz CT molecular complexity index is 1160. The number of hydrazone groups is 1. The van der Waals surface area contributed by atoms with Crippen molar-refractivity contribution in [1.82, 2.24) is 0 Å². The van der Waals surface area contributed by atoms with Gasteiger partial charge in [-0.3, -0.25) is 14.6 Å². The molecule has 0 N–H and O–H groups in total. The monoisotopic (exact) mass is 463 g/mol. The number of fused-ring (bicyclic) bond motifs is 1. The maximum absolute atomic E-state index is 13.4. The second kappa shape index (κ2) is 7.18. The summed E-state index contributed by atoms with van der Waals surface area (Å²) in [5.74, 6) is -1.92. The summed E-state index contributed by atoms with van der Waals surface area (Å²) < 4.78 is 14.3. The predicted molar refractivity (Wildman–Crippen MR) is 116 cm³/mol. The molecule has 0 unspecified atom stereocenters. The molecule has 7 heteroatoms. The number of para-hydroxylation sites is 1. The van der Waals surface area contributed by atoms with Gasteiger partial charge in [-0.2, -0.15) is 5.10 Å². The van der Waals surface area contributed by atoms with Gasteiger partial charge in [0, 0.05) is 4.47 Å². The molecule has 2 aliphatic rings. The molecule has 0 aliphatic carbocycles. The standard InChI is InChI=1S/C23H15BrFN3O2/c24-15-8-6-14(7-9-15)20-19-21(28(26-20)18-4-2-1-3-5-18)23(30)27(22(19)29)17-12-10-16(25)11-13-17/h1-13,19,21H/t19-,21-/m1/s1. The minimum absolute atomic E-state index is 0.351. The Labute approximate surface area is 180 Å². The number of carbonyl (C=O) groups excluding carboxylic acids is 2. The molecule has 148 valence electrons. The van der Waals surface area contributed by atoms with Crippen LogP contribution in [-0.2, 0) is 9.59 Å². The lowest BCUT2D eigenvalue weighted by atomic mass is 9.93. The van der Waals surface area contributed by atoms with Gasteiger partial charge in [-0.15, -0.1) is 0 Å². The molecule has 2 heterocycles. The molecule has 2 amide bonds. The summed E-state index contributed by atoms with van der Waals surface area (Å²) in [6.07, 6.45) is 0. The Morgan fingerprint density at radius 2 is 1.47 bits per heavy atom. The number of amides is 2.